The Morgan fingerprint density at radius 3 is 2.37 bits per heavy atom. The van der Waals surface area contributed by atoms with Crippen molar-refractivity contribution in [2.75, 3.05) is 13.1 Å². The van der Waals surface area contributed by atoms with Crippen LogP contribution in [0.1, 0.15) is 34.3 Å². The van der Waals surface area contributed by atoms with Gasteiger partial charge in [-0.15, -0.1) is 0 Å². The molecule has 6 nitrogen and oxygen atoms in total. The van der Waals surface area contributed by atoms with E-state index in [1.165, 1.54) is 0 Å². The van der Waals surface area contributed by atoms with Crippen molar-refractivity contribution in [1.29, 1.82) is 0 Å². The molecule has 0 unspecified atom stereocenters. The van der Waals surface area contributed by atoms with Gasteiger partial charge in [-0.1, -0.05) is 48.0 Å². The molecule has 0 atom stereocenters. The summed E-state index contributed by atoms with van der Waals surface area (Å²) in [6, 6.07) is 16.6. The van der Waals surface area contributed by atoms with Gasteiger partial charge in [0, 0.05) is 25.1 Å². The van der Waals surface area contributed by atoms with Crippen molar-refractivity contribution >= 4 is 17.8 Å². The highest BCUT2D eigenvalue weighted by Gasteiger charge is 2.08. The number of rotatable bonds is 9. The molecular weight excluding hydrogens is 344 g/mol. The number of carbonyl (C=O) groups is 3. The van der Waals surface area contributed by atoms with E-state index in [0.29, 0.717) is 5.56 Å². The van der Waals surface area contributed by atoms with Crippen molar-refractivity contribution in [3.05, 3.63) is 71.3 Å². The van der Waals surface area contributed by atoms with Crippen LogP contribution in [0.3, 0.4) is 0 Å². The van der Waals surface area contributed by atoms with Gasteiger partial charge in [0.2, 0.25) is 5.91 Å². The van der Waals surface area contributed by atoms with Gasteiger partial charge in [-0.25, -0.2) is 0 Å². The standard InChI is InChI=1S/C21H24N2O4/c1-16-6-5-9-18(14-16)21(26)23-12-10-19(24)22-13-11-20(25)27-15-17-7-3-2-4-8-17/h2-9,14H,10-13,15H2,1H3,(H,22,24)(H,23,26). The minimum atomic E-state index is -0.369. The van der Waals surface area contributed by atoms with Crippen LogP contribution in [0.5, 0.6) is 0 Å². The Morgan fingerprint density at radius 1 is 0.889 bits per heavy atom. The molecule has 2 N–H and O–H groups in total. The molecule has 2 amide bonds. The second-order valence-electron chi connectivity index (χ2n) is 6.12. The number of hydrogen-bond acceptors (Lipinski definition) is 4. The fourth-order valence-electron chi connectivity index (χ4n) is 2.38. The number of amides is 2. The summed E-state index contributed by atoms with van der Waals surface area (Å²) in [4.78, 5) is 35.4. The minimum Gasteiger partial charge on any atom is -0.461 e. The van der Waals surface area contributed by atoms with Crippen LogP contribution in [0, 0.1) is 6.92 Å². The van der Waals surface area contributed by atoms with Crippen LogP contribution >= 0.6 is 0 Å². The third-order valence-electron chi connectivity index (χ3n) is 3.81. The molecule has 2 rings (SSSR count). The van der Waals surface area contributed by atoms with Crippen LogP contribution in [0.15, 0.2) is 54.6 Å². The van der Waals surface area contributed by atoms with Crippen molar-refractivity contribution in [2.45, 2.75) is 26.4 Å². The van der Waals surface area contributed by atoms with Crippen molar-refractivity contribution < 1.29 is 19.1 Å². The Morgan fingerprint density at radius 2 is 1.63 bits per heavy atom. The predicted octanol–water partition coefficient (Wildman–Crippen LogP) is 2.36. The van der Waals surface area contributed by atoms with Gasteiger partial charge in [0.05, 0.1) is 6.42 Å². The van der Waals surface area contributed by atoms with Crippen LogP contribution in [0.2, 0.25) is 0 Å². The van der Waals surface area contributed by atoms with E-state index < -0.39 is 0 Å². The molecule has 2 aromatic rings. The van der Waals surface area contributed by atoms with E-state index in [4.69, 9.17) is 4.74 Å². The Labute approximate surface area is 158 Å². The molecule has 0 bridgehead atoms. The zero-order chi connectivity index (χ0) is 19.5. The summed E-state index contributed by atoms with van der Waals surface area (Å²) in [7, 11) is 0. The van der Waals surface area contributed by atoms with Gasteiger partial charge in [0.15, 0.2) is 0 Å². The van der Waals surface area contributed by atoms with Gasteiger partial charge >= 0.3 is 5.97 Å². The Bertz CT molecular complexity index is 775. The van der Waals surface area contributed by atoms with Gasteiger partial charge in [0.25, 0.3) is 5.91 Å². The number of nitrogens with one attached hydrogen (secondary N) is 2. The summed E-state index contributed by atoms with van der Waals surface area (Å²) in [6.45, 7) is 2.57. The molecule has 0 fully saturated rings. The SMILES string of the molecule is Cc1cccc(C(=O)NCCC(=O)NCCC(=O)OCc2ccccc2)c1. The quantitative estimate of drug-likeness (QED) is 0.666. The van der Waals surface area contributed by atoms with E-state index in [-0.39, 0.29) is 50.3 Å². The highest BCUT2D eigenvalue weighted by atomic mass is 16.5. The van der Waals surface area contributed by atoms with Crippen LogP contribution in [-0.2, 0) is 20.9 Å². The number of carbonyl (C=O) groups excluding carboxylic acids is 3. The molecule has 27 heavy (non-hydrogen) atoms. The van der Waals surface area contributed by atoms with Crippen molar-refractivity contribution in [1.82, 2.24) is 10.6 Å². The summed E-state index contributed by atoms with van der Waals surface area (Å²) in [5.41, 5.74) is 2.48. The molecule has 0 aliphatic rings. The van der Waals surface area contributed by atoms with Crippen LogP contribution < -0.4 is 10.6 Å². The molecule has 2 aromatic carbocycles. The Balaban J connectivity index is 1.56. The van der Waals surface area contributed by atoms with Crippen molar-refractivity contribution in [3.8, 4) is 0 Å². The minimum absolute atomic E-state index is 0.105. The summed E-state index contributed by atoms with van der Waals surface area (Å²) in [5.74, 6) is -0.807. The molecule has 0 aliphatic carbocycles. The summed E-state index contributed by atoms with van der Waals surface area (Å²) in [5, 5.41) is 5.35. The lowest BCUT2D eigenvalue weighted by Crippen LogP contribution is -2.31. The smallest absolute Gasteiger partial charge is 0.307 e. The fraction of sp³-hybridized carbons (Fsp3) is 0.286. The molecule has 6 heteroatoms. The topological polar surface area (TPSA) is 84.5 Å². The van der Waals surface area contributed by atoms with E-state index in [1.54, 1.807) is 12.1 Å². The van der Waals surface area contributed by atoms with E-state index in [1.807, 2.05) is 49.4 Å². The number of ether oxygens (including phenoxy) is 1. The monoisotopic (exact) mass is 368 g/mol. The first-order chi connectivity index (χ1) is 13.0. The second kappa shape index (κ2) is 10.8. The lowest BCUT2D eigenvalue weighted by atomic mass is 10.1. The average molecular weight is 368 g/mol. The second-order valence-corrected chi connectivity index (χ2v) is 6.12. The molecule has 0 saturated carbocycles. The lowest BCUT2D eigenvalue weighted by molar-refractivity contribution is -0.144. The molecule has 0 aliphatic heterocycles. The number of hydrogen-bond donors (Lipinski definition) is 2. The highest BCUT2D eigenvalue weighted by molar-refractivity contribution is 5.94. The molecule has 142 valence electrons. The van der Waals surface area contributed by atoms with Crippen LogP contribution in [0.25, 0.3) is 0 Å². The van der Waals surface area contributed by atoms with Crippen LogP contribution in [0.4, 0.5) is 0 Å². The van der Waals surface area contributed by atoms with Gasteiger partial charge in [-0.3, -0.25) is 14.4 Å². The van der Waals surface area contributed by atoms with E-state index in [2.05, 4.69) is 10.6 Å². The zero-order valence-corrected chi connectivity index (χ0v) is 15.4. The highest BCUT2D eigenvalue weighted by Crippen LogP contribution is 2.03. The van der Waals surface area contributed by atoms with Gasteiger partial charge < -0.3 is 15.4 Å². The number of esters is 1. The van der Waals surface area contributed by atoms with Gasteiger partial charge in [-0.05, 0) is 24.6 Å². The molecule has 0 saturated heterocycles. The predicted molar refractivity (Wildman–Crippen MR) is 102 cm³/mol. The summed E-state index contributed by atoms with van der Waals surface area (Å²) in [6.07, 6.45) is 0.255. The Hall–Kier alpha value is -3.15. The number of aryl methyl sites for hydroxylation is 1. The van der Waals surface area contributed by atoms with Crippen molar-refractivity contribution in [3.63, 3.8) is 0 Å². The molecule has 0 radical (unpaired) electrons. The van der Waals surface area contributed by atoms with E-state index >= 15 is 0 Å². The normalized spacial score (nSPS) is 10.1. The summed E-state index contributed by atoms with van der Waals surface area (Å²) >= 11 is 0. The largest absolute Gasteiger partial charge is 0.461 e. The zero-order valence-electron chi connectivity index (χ0n) is 15.4. The molecule has 0 heterocycles. The molecule has 0 spiro atoms. The Kier molecular flexibility index (Phi) is 8.03. The first-order valence-electron chi connectivity index (χ1n) is 8.85. The fourth-order valence-corrected chi connectivity index (χ4v) is 2.38. The van der Waals surface area contributed by atoms with E-state index in [9.17, 15) is 14.4 Å². The van der Waals surface area contributed by atoms with Gasteiger partial charge in [-0.2, -0.15) is 0 Å². The first-order valence-corrected chi connectivity index (χ1v) is 8.85. The van der Waals surface area contributed by atoms with Crippen molar-refractivity contribution in [2.24, 2.45) is 0 Å². The average Bonchev–Trinajstić information content (AvgIpc) is 2.67. The maximum Gasteiger partial charge on any atom is 0.307 e. The third kappa shape index (κ3) is 7.73. The third-order valence-corrected chi connectivity index (χ3v) is 3.81. The van der Waals surface area contributed by atoms with Gasteiger partial charge in [0.1, 0.15) is 6.61 Å². The molecule has 0 aromatic heterocycles. The number of benzene rings is 2. The maximum absolute atomic E-state index is 12.0. The first kappa shape index (κ1) is 20.2. The summed E-state index contributed by atoms with van der Waals surface area (Å²) < 4.78 is 5.13. The lowest BCUT2D eigenvalue weighted by Gasteiger charge is -2.08. The molecular formula is C21H24N2O4. The van der Waals surface area contributed by atoms with Crippen LogP contribution in [-0.4, -0.2) is 30.9 Å². The van der Waals surface area contributed by atoms with E-state index in [0.717, 1.165) is 11.1 Å². The maximum atomic E-state index is 12.0.